The fourth-order valence-electron chi connectivity index (χ4n) is 5.85. The number of benzene rings is 2. The zero-order valence-electron chi connectivity index (χ0n) is 25.4. The van der Waals surface area contributed by atoms with Crippen LogP contribution >= 0.6 is 35.8 Å². The molecule has 0 spiro atoms. The number of amides is 2. The van der Waals surface area contributed by atoms with Crippen LogP contribution in [0.3, 0.4) is 0 Å². The molecule has 3 fully saturated rings. The minimum absolute atomic E-state index is 0.0632. The number of likely N-dealkylation sites (tertiary alicyclic amines) is 3. The molecule has 0 saturated carbocycles. The lowest BCUT2D eigenvalue weighted by Crippen LogP contribution is -2.60. The fourth-order valence-corrected chi connectivity index (χ4v) is 6.87. The van der Waals surface area contributed by atoms with Gasteiger partial charge in [0.05, 0.1) is 33.3 Å². The van der Waals surface area contributed by atoms with E-state index in [1.165, 1.54) is 21.9 Å². The van der Waals surface area contributed by atoms with Gasteiger partial charge in [-0.25, -0.2) is 17.6 Å². The van der Waals surface area contributed by atoms with Gasteiger partial charge in [0.25, 0.3) is 11.8 Å². The average molecular weight is 732 g/mol. The van der Waals surface area contributed by atoms with Gasteiger partial charge in [-0.3, -0.25) is 14.5 Å². The number of halogens is 9. The average Bonchev–Trinajstić information content (AvgIpc) is 2.93. The number of piperidine rings is 2. The standard InChI is InChI=1S/C24H29Cl2F5N4O2S.C7H6F2/c25-17-9-14(10-18(26)20(17)22(37)34-7-3-23(27,28)4-8-34)32-15-12-35(13-15)16-1-5-33(6-2-16)21(36)19(38)11-24(29,30)31;1-5-2-6(8)4-7(9)3-5/h9-10,15-16,19,32,38H,1-8,11-13H2;2-4H,1H3. The molecule has 47 heavy (non-hydrogen) atoms. The normalized spacial score (nSPS) is 19.8. The Balaban J connectivity index is 0.000000479. The minimum Gasteiger partial charge on any atom is -0.380 e. The van der Waals surface area contributed by atoms with Crippen LogP contribution < -0.4 is 5.32 Å². The van der Waals surface area contributed by atoms with Crippen molar-refractivity contribution in [2.75, 3.05) is 44.6 Å². The molecule has 0 aliphatic carbocycles. The van der Waals surface area contributed by atoms with E-state index in [-0.39, 0.29) is 40.8 Å². The zero-order valence-corrected chi connectivity index (χ0v) is 27.8. The van der Waals surface area contributed by atoms with E-state index in [4.69, 9.17) is 23.2 Å². The van der Waals surface area contributed by atoms with Gasteiger partial charge in [0.15, 0.2) is 0 Å². The molecule has 3 saturated heterocycles. The van der Waals surface area contributed by atoms with Crippen LogP contribution in [0.5, 0.6) is 0 Å². The second-order valence-corrected chi connectivity index (χ2v) is 13.5. The lowest BCUT2D eigenvalue weighted by atomic mass is 9.97. The molecule has 2 aromatic carbocycles. The van der Waals surface area contributed by atoms with E-state index in [9.17, 15) is 40.3 Å². The van der Waals surface area contributed by atoms with Crippen molar-refractivity contribution in [2.45, 2.75) is 68.5 Å². The molecule has 5 rings (SSSR count). The lowest BCUT2D eigenvalue weighted by Gasteiger charge is -2.47. The van der Waals surface area contributed by atoms with Crippen LogP contribution in [0.2, 0.25) is 10.0 Å². The predicted octanol–water partition coefficient (Wildman–Crippen LogP) is 7.48. The Hall–Kier alpha value is -2.42. The van der Waals surface area contributed by atoms with Crippen molar-refractivity contribution in [1.29, 1.82) is 0 Å². The zero-order chi connectivity index (χ0) is 34.7. The summed E-state index contributed by atoms with van der Waals surface area (Å²) in [6, 6.07) is 6.93. The molecule has 3 aliphatic heterocycles. The number of thiol groups is 1. The van der Waals surface area contributed by atoms with Crippen LogP contribution in [-0.2, 0) is 4.79 Å². The molecular formula is C31H35Cl2F7N4O2S. The number of hydrogen-bond acceptors (Lipinski definition) is 5. The molecule has 1 atom stereocenters. The summed E-state index contributed by atoms with van der Waals surface area (Å²) in [5.41, 5.74) is 1.34. The van der Waals surface area contributed by atoms with E-state index >= 15 is 0 Å². The number of carbonyl (C=O) groups is 2. The summed E-state index contributed by atoms with van der Waals surface area (Å²) in [5, 5.41) is 2.24. The molecule has 2 amide bonds. The first-order valence-electron chi connectivity index (χ1n) is 15.0. The van der Waals surface area contributed by atoms with Gasteiger partial charge < -0.3 is 15.1 Å². The van der Waals surface area contributed by atoms with Crippen molar-refractivity contribution < 1.29 is 40.3 Å². The molecule has 3 heterocycles. The van der Waals surface area contributed by atoms with Gasteiger partial charge in [-0.2, -0.15) is 25.8 Å². The van der Waals surface area contributed by atoms with Gasteiger partial charge in [-0.1, -0.05) is 23.2 Å². The summed E-state index contributed by atoms with van der Waals surface area (Å²) in [7, 11) is 0. The highest BCUT2D eigenvalue weighted by Gasteiger charge is 2.39. The molecule has 6 nitrogen and oxygen atoms in total. The van der Waals surface area contributed by atoms with Gasteiger partial charge >= 0.3 is 6.18 Å². The first-order valence-corrected chi connectivity index (χ1v) is 16.3. The van der Waals surface area contributed by atoms with Crippen molar-refractivity contribution in [3.63, 3.8) is 0 Å². The van der Waals surface area contributed by atoms with Crippen LogP contribution in [-0.4, -0.2) is 95.2 Å². The fraction of sp³-hybridized carbons (Fsp3) is 0.548. The Kier molecular flexibility index (Phi) is 12.3. The van der Waals surface area contributed by atoms with Crippen LogP contribution in [0, 0.1) is 18.6 Å². The minimum atomic E-state index is -4.43. The number of carbonyl (C=O) groups excluding carboxylic acids is 2. The number of alkyl halides is 5. The van der Waals surface area contributed by atoms with Crippen molar-refractivity contribution in [3.8, 4) is 0 Å². The molecule has 1 unspecified atom stereocenters. The van der Waals surface area contributed by atoms with E-state index in [1.807, 2.05) is 0 Å². The van der Waals surface area contributed by atoms with Crippen molar-refractivity contribution in [2.24, 2.45) is 0 Å². The van der Waals surface area contributed by atoms with Gasteiger partial charge in [0.2, 0.25) is 5.91 Å². The third kappa shape index (κ3) is 10.5. The lowest BCUT2D eigenvalue weighted by molar-refractivity contribution is -0.148. The van der Waals surface area contributed by atoms with Crippen LogP contribution in [0.15, 0.2) is 30.3 Å². The van der Waals surface area contributed by atoms with Crippen molar-refractivity contribution in [3.05, 3.63) is 63.1 Å². The van der Waals surface area contributed by atoms with Gasteiger partial charge in [-0.05, 0) is 49.6 Å². The first-order chi connectivity index (χ1) is 21.9. The molecule has 0 radical (unpaired) electrons. The summed E-state index contributed by atoms with van der Waals surface area (Å²) < 4.78 is 88.9. The number of anilines is 1. The number of hydrogen-bond donors (Lipinski definition) is 2. The monoisotopic (exact) mass is 730 g/mol. The summed E-state index contributed by atoms with van der Waals surface area (Å²) in [4.78, 5) is 30.2. The largest absolute Gasteiger partial charge is 0.390 e. The number of nitrogens with one attached hydrogen (secondary N) is 1. The Morgan fingerprint density at radius 1 is 0.936 bits per heavy atom. The Morgan fingerprint density at radius 3 is 1.96 bits per heavy atom. The Labute approximate surface area is 283 Å². The van der Waals surface area contributed by atoms with Crippen LogP contribution in [0.4, 0.5) is 36.4 Å². The number of aryl methyl sites for hydroxylation is 1. The van der Waals surface area contributed by atoms with E-state index in [2.05, 4.69) is 22.8 Å². The number of rotatable bonds is 6. The van der Waals surface area contributed by atoms with Crippen LogP contribution in [0.25, 0.3) is 0 Å². The highest BCUT2D eigenvalue weighted by Crippen LogP contribution is 2.34. The second-order valence-electron chi connectivity index (χ2n) is 12.1. The first kappa shape index (κ1) is 37.4. The quantitative estimate of drug-likeness (QED) is 0.239. The van der Waals surface area contributed by atoms with Crippen molar-refractivity contribution in [1.82, 2.24) is 14.7 Å². The van der Waals surface area contributed by atoms with E-state index in [0.29, 0.717) is 37.2 Å². The van der Waals surface area contributed by atoms with Gasteiger partial charge in [-0.15, -0.1) is 0 Å². The van der Waals surface area contributed by atoms with E-state index in [1.54, 1.807) is 19.1 Å². The Morgan fingerprint density at radius 2 is 1.47 bits per heavy atom. The molecule has 260 valence electrons. The SMILES string of the molecule is Cc1cc(F)cc(F)c1.O=C(c1c(Cl)cc(NC2CN(C3CCN(C(=O)C(S)CC(F)(F)F)CC3)C2)cc1Cl)N1CCC(F)(F)CC1. The highest BCUT2D eigenvalue weighted by atomic mass is 35.5. The molecule has 0 aromatic heterocycles. The molecule has 0 bridgehead atoms. The van der Waals surface area contributed by atoms with Crippen LogP contribution in [0.1, 0.15) is 48.0 Å². The third-order valence-corrected chi connectivity index (χ3v) is 9.33. The van der Waals surface area contributed by atoms with Crippen molar-refractivity contribution >= 4 is 53.3 Å². The smallest absolute Gasteiger partial charge is 0.380 e. The van der Waals surface area contributed by atoms with Gasteiger partial charge in [0, 0.05) is 69.9 Å². The molecule has 16 heteroatoms. The summed E-state index contributed by atoms with van der Waals surface area (Å²) >= 11 is 16.6. The van der Waals surface area contributed by atoms with E-state index in [0.717, 1.165) is 19.2 Å². The molecule has 3 aliphatic rings. The van der Waals surface area contributed by atoms with Gasteiger partial charge in [0.1, 0.15) is 11.6 Å². The maximum absolute atomic E-state index is 13.4. The maximum atomic E-state index is 13.4. The highest BCUT2D eigenvalue weighted by molar-refractivity contribution is 7.81. The molecule has 1 N–H and O–H groups in total. The maximum Gasteiger partial charge on any atom is 0.390 e. The third-order valence-electron chi connectivity index (χ3n) is 8.33. The molecule has 2 aromatic rings. The van der Waals surface area contributed by atoms with E-state index < -0.39 is 60.1 Å². The Bertz CT molecular complexity index is 1350. The number of nitrogens with zero attached hydrogens (tertiary/aromatic N) is 3. The predicted molar refractivity (Wildman–Crippen MR) is 170 cm³/mol. The summed E-state index contributed by atoms with van der Waals surface area (Å²) in [5.74, 6) is -4.86. The second kappa shape index (κ2) is 15.4. The topological polar surface area (TPSA) is 55.9 Å². The summed E-state index contributed by atoms with van der Waals surface area (Å²) in [6.07, 6.45) is -5.12. The summed E-state index contributed by atoms with van der Waals surface area (Å²) in [6.45, 7) is 3.75. The molecular weight excluding hydrogens is 696 g/mol.